The van der Waals surface area contributed by atoms with E-state index in [2.05, 4.69) is 18.9 Å². The summed E-state index contributed by atoms with van der Waals surface area (Å²) >= 11 is 1.78. The molecule has 2 unspecified atom stereocenters. The van der Waals surface area contributed by atoms with E-state index in [9.17, 15) is 5.11 Å². The van der Waals surface area contributed by atoms with Gasteiger partial charge in [-0.15, -0.1) is 0 Å². The smallest absolute Gasteiger partial charge is 0.162 e. The van der Waals surface area contributed by atoms with Gasteiger partial charge >= 0.3 is 0 Å². The Balaban J connectivity index is 2.82. The molecule has 4 nitrogen and oxygen atoms in total. The second-order valence-corrected chi connectivity index (χ2v) is 6.18. The lowest BCUT2D eigenvalue weighted by Gasteiger charge is -2.18. The highest BCUT2D eigenvalue weighted by Gasteiger charge is 2.21. The van der Waals surface area contributed by atoms with Gasteiger partial charge in [-0.3, -0.25) is 4.68 Å². The zero-order valence-electron chi connectivity index (χ0n) is 11.9. The molecule has 1 N–H and O–H groups in total. The predicted molar refractivity (Wildman–Crippen MR) is 76.3 cm³/mol. The molecule has 1 aromatic rings. The van der Waals surface area contributed by atoms with Crippen LogP contribution in [-0.4, -0.2) is 33.0 Å². The Morgan fingerprint density at radius 3 is 2.61 bits per heavy atom. The molecule has 5 heteroatoms. The molecule has 0 aliphatic heterocycles. The molecule has 1 aromatic heterocycles. The Morgan fingerprint density at radius 2 is 2.11 bits per heavy atom. The van der Waals surface area contributed by atoms with E-state index in [1.54, 1.807) is 25.1 Å². The third kappa shape index (κ3) is 3.65. The molecule has 1 heterocycles. The van der Waals surface area contributed by atoms with Gasteiger partial charge in [0, 0.05) is 17.0 Å². The fraction of sp³-hybridized carbons (Fsp3) is 0.769. The predicted octanol–water partition coefficient (Wildman–Crippen LogP) is 3.04. The number of methoxy groups -OCH3 is 1. The number of hydrogen-bond donors (Lipinski definition) is 1. The first-order chi connectivity index (χ1) is 8.51. The molecule has 0 fully saturated rings. The highest BCUT2D eigenvalue weighted by molar-refractivity contribution is 7.99. The van der Waals surface area contributed by atoms with Crippen molar-refractivity contribution in [2.24, 2.45) is 0 Å². The molecule has 1 rings (SSSR count). The lowest BCUT2D eigenvalue weighted by Crippen LogP contribution is -2.14. The molecule has 0 aliphatic rings. The van der Waals surface area contributed by atoms with Crippen LogP contribution in [0.25, 0.3) is 0 Å². The van der Waals surface area contributed by atoms with E-state index < -0.39 is 6.10 Å². The summed E-state index contributed by atoms with van der Waals surface area (Å²) in [6.07, 6.45) is 2.24. The van der Waals surface area contributed by atoms with Crippen molar-refractivity contribution in [1.29, 1.82) is 0 Å². The molecule has 0 radical (unpaired) electrons. The summed E-state index contributed by atoms with van der Waals surface area (Å²) in [5.41, 5.74) is 0.781. The van der Waals surface area contributed by atoms with Crippen molar-refractivity contribution in [1.82, 2.24) is 9.78 Å². The van der Waals surface area contributed by atoms with Crippen molar-refractivity contribution in [2.75, 3.05) is 12.9 Å². The van der Waals surface area contributed by atoms with Gasteiger partial charge < -0.3 is 9.84 Å². The normalized spacial score (nSPS) is 14.8. The molecule has 0 amide bonds. The maximum Gasteiger partial charge on any atom is 0.162 e. The van der Waals surface area contributed by atoms with E-state index in [0.717, 1.165) is 12.1 Å². The summed E-state index contributed by atoms with van der Waals surface area (Å²) < 4.78 is 7.11. The van der Waals surface area contributed by atoms with Crippen molar-refractivity contribution < 1.29 is 9.84 Å². The molecular weight excluding hydrogens is 248 g/mol. The van der Waals surface area contributed by atoms with Gasteiger partial charge in [-0.1, -0.05) is 13.8 Å². The Hall–Kier alpha value is -0.680. The van der Waals surface area contributed by atoms with E-state index in [-0.39, 0.29) is 6.04 Å². The Kier molecular flexibility index (Phi) is 6.02. The van der Waals surface area contributed by atoms with Crippen LogP contribution in [0.4, 0.5) is 0 Å². The van der Waals surface area contributed by atoms with Crippen LogP contribution in [0.15, 0.2) is 6.20 Å². The number of thioether (sulfide) groups is 1. The zero-order valence-corrected chi connectivity index (χ0v) is 12.7. The highest BCUT2D eigenvalue weighted by atomic mass is 32.2. The molecule has 104 valence electrons. The number of hydrogen-bond acceptors (Lipinski definition) is 4. The van der Waals surface area contributed by atoms with Crippen molar-refractivity contribution >= 4 is 11.8 Å². The summed E-state index contributed by atoms with van der Waals surface area (Å²) in [5.74, 6) is 1.34. The van der Waals surface area contributed by atoms with Crippen molar-refractivity contribution in [3.8, 4) is 5.75 Å². The minimum absolute atomic E-state index is 0.215. The SMILES string of the molecule is CCC(C)SCC(O)c1c(OC)cnn1C(C)C. The molecule has 0 saturated heterocycles. The third-order valence-corrected chi connectivity index (χ3v) is 4.35. The van der Waals surface area contributed by atoms with E-state index >= 15 is 0 Å². The van der Waals surface area contributed by atoms with Crippen molar-refractivity contribution in [2.45, 2.75) is 51.5 Å². The molecule has 0 saturated carbocycles. The van der Waals surface area contributed by atoms with Crippen LogP contribution in [0.1, 0.15) is 52.0 Å². The Bertz CT molecular complexity index is 366. The minimum atomic E-state index is -0.538. The maximum absolute atomic E-state index is 10.3. The van der Waals surface area contributed by atoms with Gasteiger partial charge in [-0.05, 0) is 20.3 Å². The minimum Gasteiger partial charge on any atom is -0.493 e. The highest BCUT2D eigenvalue weighted by Crippen LogP contribution is 2.30. The van der Waals surface area contributed by atoms with E-state index in [1.807, 2.05) is 18.5 Å². The molecule has 18 heavy (non-hydrogen) atoms. The second kappa shape index (κ2) is 7.04. The number of aliphatic hydroxyl groups is 1. The molecule has 0 aliphatic carbocycles. The first-order valence-electron chi connectivity index (χ1n) is 6.42. The van der Waals surface area contributed by atoms with Crippen molar-refractivity contribution in [3.63, 3.8) is 0 Å². The summed E-state index contributed by atoms with van der Waals surface area (Å²) in [4.78, 5) is 0. The van der Waals surface area contributed by atoms with Crippen LogP contribution in [0.5, 0.6) is 5.75 Å². The van der Waals surface area contributed by atoms with Crippen LogP contribution in [0.2, 0.25) is 0 Å². The van der Waals surface area contributed by atoms with Crippen LogP contribution >= 0.6 is 11.8 Å². The second-order valence-electron chi connectivity index (χ2n) is 4.70. The molecule has 2 atom stereocenters. The molecule has 0 bridgehead atoms. The van der Waals surface area contributed by atoms with Crippen LogP contribution in [-0.2, 0) is 0 Å². The quantitative estimate of drug-likeness (QED) is 0.829. The van der Waals surface area contributed by atoms with Gasteiger partial charge in [-0.25, -0.2) is 0 Å². The fourth-order valence-electron chi connectivity index (χ4n) is 1.69. The number of aromatic nitrogens is 2. The van der Waals surface area contributed by atoms with Gasteiger partial charge in [0.15, 0.2) is 5.75 Å². The Labute approximate surface area is 114 Å². The van der Waals surface area contributed by atoms with Crippen LogP contribution < -0.4 is 4.74 Å². The summed E-state index contributed by atoms with van der Waals surface area (Å²) in [6, 6.07) is 0.215. The first-order valence-corrected chi connectivity index (χ1v) is 7.47. The third-order valence-electron chi connectivity index (χ3n) is 2.94. The topological polar surface area (TPSA) is 47.3 Å². The maximum atomic E-state index is 10.3. The summed E-state index contributed by atoms with van der Waals surface area (Å²) in [6.45, 7) is 8.42. The molecule has 0 aromatic carbocycles. The lowest BCUT2D eigenvalue weighted by molar-refractivity contribution is 0.184. The average molecular weight is 272 g/mol. The lowest BCUT2D eigenvalue weighted by atomic mass is 10.2. The fourth-order valence-corrected chi connectivity index (χ4v) is 2.60. The summed E-state index contributed by atoms with van der Waals surface area (Å²) in [7, 11) is 1.61. The number of rotatable bonds is 7. The van der Waals surface area contributed by atoms with Gasteiger partial charge in [0.25, 0.3) is 0 Å². The summed E-state index contributed by atoms with van der Waals surface area (Å²) in [5, 5.41) is 15.2. The van der Waals surface area contributed by atoms with E-state index in [4.69, 9.17) is 4.74 Å². The van der Waals surface area contributed by atoms with E-state index in [1.165, 1.54) is 0 Å². The average Bonchev–Trinajstić information content (AvgIpc) is 2.79. The van der Waals surface area contributed by atoms with Gasteiger partial charge in [0.05, 0.1) is 13.3 Å². The van der Waals surface area contributed by atoms with E-state index in [0.29, 0.717) is 16.8 Å². The van der Waals surface area contributed by atoms with Gasteiger partial charge in [0.2, 0.25) is 0 Å². The van der Waals surface area contributed by atoms with Crippen LogP contribution in [0, 0.1) is 0 Å². The number of nitrogens with zero attached hydrogens (tertiary/aromatic N) is 2. The standard InChI is InChI=1S/C13H24N2O2S/c1-6-10(4)18-8-11(16)13-12(17-5)7-14-15(13)9(2)3/h7,9-11,16H,6,8H2,1-5H3. The Morgan fingerprint density at radius 1 is 1.44 bits per heavy atom. The first kappa shape index (κ1) is 15.4. The number of ether oxygens (including phenoxy) is 1. The monoisotopic (exact) mass is 272 g/mol. The van der Waals surface area contributed by atoms with Gasteiger partial charge in [-0.2, -0.15) is 16.9 Å². The zero-order chi connectivity index (χ0) is 13.7. The largest absolute Gasteiger partial charge is 0.493 e. The van der Waals surface area contributed by atoms with Crippen molar-refractivity contribution in [3.05, 3.63) is 11.9 Å². The van der Waals surface area contributed by atoms with Gasteiger partial charge in [0.1, 0.15) is 11.8 Å². The molecular formula is C13H24N2O2S. The van der Waals surface area contributed by atoms with Crippen LogP contribution in [0.3, 0.4) is 0 Å². The number of aliphatic hydroxyl groups excluding tert-OH is 1. The molecule has 0 spiro atoms.